The summed E-state index contributed by atoms with van der Waals surface area (Å²) in [4.78, 5) is 32.2. The number of halogens is 3. The molecule has 1 aromatic heterocycles. The molecule has 162 valence electrons. The van der Waals surface area contributed by atoms with Gasteiger partial charge in [-0.1, -0.05) is 11.6 Å². The molecule has 2 saturated carbocycles. The van der Waals surface area contributed by atoms with Gasteiger partial charge in [-0.15, -0.1) is 0 Å². The van der Waals surface area contributed by atoms with Crippen molar-refractivity contribution in [2.45, 2.75) is 50.7 Å². The number of nitrogens with one attached hydrogen (secondary N) is 1. The molecule has 3 aliphatic rings. The number of hydrogen-bond donors (Lipinski definition) is 1. The predicted molar refractivity (Wildman–Crippen MR) is 110 cm³/mol. The van der Waals surface area contributed by atoms with Crippen LogP contribution < -0.4 is 5.32 Å². The number of aromatic nitrogens is 1. The molecule has 5 nitrogen and oxygen atoms in total. The highest BCUT2D eigenvalue weighted by molar-refractivity contribution is 6.30. The number of aryl methyl sites for hydroxylation is 1. The zero-order valence-corrected chi connectivity index (χ0v) is 17.7. The van der Waals surface area contributed by atoms with Crippen LogP contribution in [-0.2, 0) is 4.79 Å². The Labute approximate surface area is 183 Å². The van der Waals surface area contributed by atoms with Crippen molar-refractivity contribution in [3.05, 3.63) is 63.9 Å². The van der Waals surface area contributed by atoms with Crippen molar-refractivity contribution < 1.29 is 18.4 Å². The molecule has 2 aliphatic carbocycles. The third-order valence-electron chi connectivity index (χ3n) is 6.55. The van der Waals surface area contributed by atoms with Gasteiger partial charge in [0.05, 0.1) is 11.1 Å². The maximum atomic E-state index is 14.6. The molecule has 5 rings (SSSR count). The fourth-order valence-corrected chi connectivity index (χ4v) is 4.87. The van der Waals surface area contributed by atoms with Gasteiger partial charge < -0.3 is 10.2 Å². The van der Waals surface area contributed by atoms with Gasteiger partial charge in [-0.3, -0.25) is 14.6 Å². The first-order valence-electron chi connectivity index (χ1n) is 10.5. The molecule has 1 saturated heterocycles. The van der Waals surface area contributed by atoms with Crippen molar-refractivity contribution in [3.8, 4) is 0 Å². The summed E-state index contributed by atoms with van der Waals surface area (Å²) in [6.07, 6.45) is 4.70. The number of benzene rings is 1. The summed E-state index contributed by atoms with van der Waals surface area (Å²) in [5, 5.41) is 2.63. The van der Waals surface area contributed by atoms with Crippen LogP contribution in [0, 0.1) is 30.4 Å². The Bertz CT molecular complexity index is 1070. The van der Waals surface area contributed by atoms with Crippen LogP contribution in [0.3, 0.4) is 0 Å². The lowest BCUT2D eigenvalue weighted by molar-refractivity contribution is -0.126. The molecule has 2 amide bonds. The Morgan fingerprint density at radius 1 is 1.19 bits per heavy atom. The second-order valence-electron chi connectivity index (χ2n) is 8.82. The molecule has 2 aromatic rings. The van der Waals surface area contributed by atoms with Crippen molar-refractivity contribution in [1.29, 1.82) is 0 Å². The van der Waals surface area contributed by atoms with Gasteiger partial charge in [0, 0.05) is 29.1 Å². The lowest BCUT2D eigenvalue weighted by atomic mass is 10.00. The van der Waals surface area contributed by atoms with Crippen LogP contribution in [0.5, 0.6) is 0 Å². The molecule has 1 aliphatic heterocycles. The molecular formula is C23H22ClF2N3O2. The molecule has 1 N–H and O–H groups in total. The van der Waals surface area contributed by atoms with E-state index in [4.69, 9.17) is 11.6 Å². The van der Waals surface area contributed by atoms with Crippen LogP contribution in [0.25, 0.3) is 0 Å². The zero-order chi connectivity index (χ0) is 21.9. The van der Waals surface area contributed by atoms with Gasteiger partial charge in [-0.25, -0.2) is 8.78 Å². The normalized spacial score (nSPS) is 25.2. The fraction of sp³-hybridized carbons (Fsp3) is 0.435. The summed E-state index contributed by atoms with van der Waals surface area (Å²) < 4.78 is 28.6. The highest BCUT2D eigenvalue weighted by atomic mass is 35.5. The molecule has 3 fully saturated rings. The van der Waals surface area contributed by atoms with Crippen LogP contribution in [0.2, 0.25) is 5.02 Å². The summed E-state index contributed by atoms with van der Waals surface area (Å²) in [7, 11) is 0. The number of fused-ring (bicyclic) bond motifs is 1. The van der Waals surface area contributed by atoms with E-state index in [0.717, 1.165) is 37.1 Å². The van der Waals surface area contributed by atoms with Gasteiger partial charge in [0.25, 0.3) is 5.91 Å². The number of amides is 2. The van der Waals surface area contributed by atoms with E-state index < -0.39 is 23.7 Å². The average Bonchev–Trinajstić information content (AvgIpc) is 3.66. The minimum Gasteiger partial charge on any atom is -0.347 e. The van der Waals surface area contributed by atoms with E-state index in [1.54, 1.807) is 23.2 Å². The van der Waals surface area contributed by atoms with E-state index >= 15 is 0 Å². The third kappa shape index (κ3) is 3.80. The Morgan fingerprint density at radius 3 is 2.68 bits per heavy atom. The van der Waals surface area contributed by atoms with Gasteiger partial charge in [0.1, 0.15) is 17.7 Å². The predicted octanol–water partition coefficient (Wildman–Crippen LogP) is 4.19. The van der Waals surface area contributed by atoms with E-state index in [-0.39, 0.29) is 34.4 Å². The second-order valence-corrected chi connectivity index (χ2v) is 9.23. The molecule has 2 heterocycles. The number of likely N-dealkylation sites (tertiary alicyclic amines) is 1. The maximum Gasteiger partial charge on any atom is 0.254 e. The second kappa shape index (κ2) is 7.55. The molecule has 4 atom stereocenters. The average molecular weight is 446 g/mol. The number of piperidine rings is 1. The van der Waals surface area contributed by atoms with Crippen molar-refractivity contribution in [2.75, 3.05) is 0 Å². The zero-order valence-electron chi connectivity index (χ0n) is 16.9. The van der Waals surface area contributed by atoms with Crippen LogP contribution >= 0.6 is 11.6 Å². The van der Waals surface area contributed by atoms with E-state index in [1.165, 1.54) is 0 Å². The monoisotopic (exact) mass is 445 g/mol. The minimum atomic E-state index is -0.718. The van der Waals surface area contributed by atoms with Crippen LogP contribution in [0.15, 0.2) is 30.5 Å². The van der Waals surface area contributed by atoms with E-state index in [0.29, 0.717) is 17.9 Å². The number of hydrogen-bond acceptors (Lipinski definition) is 3. The Morgan fingerprint density at radius 2 is 1.97 bits per heavy atom. The van der Waals surface area contributed by atoms with Gasteiger partial charge in [-0.2, -0.15) is 0 Å². The summed E-state index contributed by atoms with van der Waals surface area (Å²) in [5.74, 6) is -1.52. The quantitative estimate of drug-likeness (QED) is 0.702. The summed E-state index contributed by atoms with van der Waals surface area (Å²) >= 11 is 5.69. The maximum absolute atomic E-state index is 14.6. The van der Waals surface area contributed by atoms with Gasteiger partial charge in [0.15, 0.2) is 0 Å². The minimum absolute atomic E-state index is 0.0435. The first-order chi connectivity index (χ1) is 14.8. The van der Waals surface area contributed by atoms with Crippen molar-refractivity contribution in [2.24, 2.45) is 11.8 Å². The SMILES string of the molecule is Cc1cc(C(=O)N2[C@@H](C(=O)NC(c3cc(F)c(Cl)cc3F)C3CC3)C[C@H]3C[C@H]32)ccn1. The van der Waals surface area contributed by atoms with Crippen molar-refractivity contribution in [3.63, 3.8) is 0 Å². The molecule has 8 heteroatoms. The van der Waals surface area contributed by atoms with E-state index in [1.807, 2.05) is 6.92 Å². The number of pyridine rings is 1. The highest BCUT2D eigenvalue weighted by Gasteiger charge is 2.56. The Hall–Kier alpha value is -2.54. The largest absolute Gasteiger partial charge is 0.347 e. The molecule has 1 aromatic carbocycles. The van der Waals surface area contributed by atoms with Crippen molar-refractivity contribution in [1.82, 2.24) is 15.2 Å². The van der Waals surface area contributed by atoms with Crippen LogP contribution in [0.4, 0.5) is 8.78 Å². The smallest absolute Gasteiger partial charge is 0.254 e. The standard InChI is InChI=1S/C23H22ClF2N3O2/c1-11-6-13(4-5-27-11)23(31)29-19-7-14(19)8-20(29)22(30)28-21(12-2-3-12)15-9-18(26)16(24)10-17(15)25/h4-6,9-10,12,14,19-21H,2-3,7-8H2,1H3,(H,28,30)/t14-,19-,20-,21?/m1/s1. The summed E-state index contributed by atoms with van der Waals surface area (Å²) in [5.41, 5.74) is 1.33. The first kappa shape index (κ1) is 20.4. The number of nitrogens with zero attached hydrogens (tertiary/aromatic N) is 2. The Balaban J connectivity index is 1.39. The topological polar surface area (TPSA) is 62.3 Å². The van der Waals surface area contributed by atoms with Gasteiger partial charge in [0.2, 0.25) is 5.91 Å². The molecule has 31 heavy (non-hydrogen) atoms. The van der Waals surface area contributed by atoms with E-state index in [9.17, 15) is 18.4 Å². The van der Waals surface area contributed by atoms with Gasteiger partial charge in [-0.05, 0) is 68.7 Å². The number of rotatable bonds is 5. The van der Waals surface area contributed by atoms with Gasteiger partial charge >= 0.3 is 0 Å². The lowest BCUT2D eigenvalue weighted by Gasteiger charge is -2.29. The molecular weight excluding hydrogens is 424 g/mol. The fourth-order valence-electron chi connectivity index (χ4n) is 4.72. The van der Waals surface area contributed by atoms with E-state index in [2.05, 4.69) is 10.3 Å². The molecule has 0 spiro atoms. The summed E-state index contributed by atoms with van der Waals surface area (Å²) in [6.45, 7) is 1.81. The van der Waals surface area contributed by atoms with Crippen LogP contribution in [0.1, 0.15) is 53.3 Å². The number of carbonyl (C=O) groups is 2. The molecule has 0 bridgehead atoms. The Kier molecular flexibility index (Phi) is 4.96. The highest BCUT2D eigenvalue weighted by Crippen LogP contribution is 2.49. The molecule has 0 radical (unpaired) electrons. The third-order valence-corrected chi connectivity index (χ3v) is 6.84. The summed E-state index contributed by atoms with van der Waals surface area (Å²) in [6, 6.07) is 4.17. The first-order valence-corrected chi connectivity index (χ1v) is 10.9. The van der Waals surface area contributed by atoms with Crippen molar-refractivity contribution >= 4 is 23.4 Å². The number of carbonyl (C=O) groups excluding carboxylic acids is 2. The lowest BCUT2D eigenvalue weighted by Crippen LogP contribution is -2.49. The van der Waals surface area contributed by atoms with Crippen LogP contribution in [-0.4, -0.2) is 33.8 Å². The molecule has 1 unspecified atom stereocenters.